The van der Waals surface area contributed by atoms with Crippen LogP contribution in [0.25, 0.3) is 0 Å². The quantitative estimate of drug-likeness (QED) is 0.925. The van der Waals surface area contributed by atoms with Gasteiger partial charge in [0.2, 0.25) is 0 Å². The fourth-order valence-corrected chi connectivity index (χ4v) is 3.95. The molecule has 0 aromatic carbocycles. The summed E-state index contributed by atoms with van der Waals surface area (Å²) in [6.07, 6.45) is 3.28. The smallest absolute Gasteiger partial charge is 0.254 e. The molecule has 1 amide bonds. The number of amides is 1. The lowest BCUT2D eigenvalue weighted by Gasteiger charge is -2.26. The predicted octanol–water partition coefficient (Wildman–Crippen LogP) is 2.72. The molecule has 0 spiro atoms. The molecule has 0 fully saturated rings. The van der Waals surface area contributed by atoms with E-state index in [9.17, 15) is 9.90 Å². The van der Waals surface area contributed by atoms with E-state index < -0.39 is 5.60 Å². The maximum Gasteiger partial charge on any atom is 0.254 e. The van der Waals surface area contributed by atoms with Gasteiger partial charge in [-0.1, -0.05) is 6.92 Å². The largest absolute Gasteiger partial charge is 0.389 e. The Balaban J connectivity index is 2.17. The third-order valence-electron chi connectivity index (χ3n) is 3.60. The molecule has 0 radical (unpaired) electrons. The minimum absolute atomic E-state index is 0.0363. The molecule has 1 atom stereocenters. The van der Waals surface area contributed by atoms with Gasteiger partial charge >= 0.3 is 0 Å². The summed E-state index contributed by atoms with van der Waals surface area (Å²) in [6, 6.07) is 0. The van der Waals surface area contributed by atoms with Gasteiger partial charge in [-0.05, 0) is 44.6 Å². The molecule has 3 nitrogen and oxygen atoms in total. The van der Waals surface area contributed by atoms with Crippen molar-refractivity contribution in [3.63, 3.8) is 0 Å². The van der Waals surface area contributed by atoms with Gasteiger partial charge < -0.3 is 10.0 Å². The van der Waals surface area contributed by atoms with Crippen molar-refractivity contribution in [1.82, 2.24) is 4.90 Å². The molecule has 1 aromatic rings. The average molecular weight is 281 g/mol. The fraction of sp³-hybridized carbons (Fsp3) is 0.667. The van der Waals surface area contributed by atoms with Crippen LogP contribution in [-0.2, 0) is 12.8 Å². The summed E-state index contributed by atoms with van der Waals surface area (Å²) in [6.45, 7) is 6.07. The molecule has 19 heavy (non-hydrogen) atoms. The van der Waals surface area contributed by atoms with Crippen LogP contribution in [0, 0.1) is 5.92 Å². The molecular formula is C15H23NO2S. The SMILES string of the molecule is CC1CCc2c(C(=O)N(C)CC(C)(C)O)csc2C1. The van der Waals surface area contributed by atoms with Crippen LogP contribution in [0.3, 0.4) is 0 Å². The van der Waals surface area contributed by atoms with Crippen LogP contribution in [0.5, 0.6) is 0 Å². The van der Waals surface area contributed by atoms with Gasteiger partial charge in [0.25, 0.3) is 5.91 Å². The van der Waals surface area contributed by atoms with Crippen molar-refractivity contribution < 1.29 is 9.90 Å². The Kier molecular flexibility index (Phi) is 4.02. The highest BCUT2D eigenvalue weighted by Crippen LogP contribution is 2.33. The first-order valence-electron chi connectivity index (χ1n) is 6.85. The summed E-state index contributed by atoms with van der Waals surface area (Å²) in [4.78, 5) is 15.5. The Morgan fingerprint density at radius 2 is 2.26 bits per heavy atom. The van der Waals surface area contributed by atoms with Crippen LogP contribution in [0.1, 0.15) is 48.0 Å². The minimum atomic E-state index is -0.852. The van der Waals surface area contributed by atoms with E-state index >= 15 is 0 Å². The van der Waals surface area contributed by atoms with Crippen molar-refractivity contribution in [2.24, 2.45) is 5.92 Å². The van der Waals surface area contributed by atoms with Gasteiger partial charge in [-0.2, -0.15) is 0 Å². The van der Waals surface area contributed by atoms with E-state index in [2.05, 4.69) is 6.92 Å². The third-order valence-corrected chi connectivity index (χ3v) is 4.65. The van der Waals surface area contributed by atoms with Crippen LogP contribution in [-0.4, -0.2) is 35.1 Å². The van der Waals surface area contributed by atoms with Gasteiger partial charge in [0.15, 0.2) is 0 Å². The highest BCUT2D eigenvalue weighted by atomic mass is 32.1. The second kappa shape index (κ2) is 5.25. The topological polar surface area (TPSA) is 40.5 Å². The van der Waals surface area contributed by atoms with E-state index in [0.29, 0.717) is 6.54 Å². The van der Waals surface area contributed by atoms with Crippen molar-refractivity contribution >= 4 is 17.2 Å². The maximum atomic E-state index is 12.5. The lowest BCUT2D eigenvalue weighted by Crippen LogP contribution is -2.39. The number of carbonyl (C=O) groups excluding carboxylic acids is 1. The standard InChI is InChI=1S/C15H23NO2S/c1-10-5-6-11-12(8-19-13(11)7-10)14(17)16(4)9-15(2,3)18/h8,10,18H,5-7,9H2,1-4H3. The first kappa shape index (κ1) is 14.5. The Morgan fingerprint density at radius 3 is 2.89 bits per heavy atom. The molecule has 0 saturated heterocycles. The zero-order chi connectivity index (χ0) is 14.2. The monoisotopic (exact) mass is 281 g/mol. The van der Waals surface area contributed by atoms with Gasteiger partial charge in [-0.15, -0.1) is 11.3 Å². The average Bonchev–Trinajstić information content (AvgIpc) is 2.68. The van der Waals surface area contributed by atoms with Gasteiger partial charge in [0, 0.05) is 23.8 Å². The van der Waals surface area contributed by atoms with E-state index in [-0.39, 0.29) is 5.91 Å². The zero-order valence-corrected chi connectivity index (χ0v) is 13.0. The first-order valence-corrected chi connectivity index (χ1v) is 7.73. The summed E-state index contributed by atoms with van der Waals surface area (Å²) in [7, 11) is 1.76. The van der Waals surface area contributed by atoms with Crippen molar-refractivity contribution in [1.29, 1.82) is 0 Å². The molecule has 1 aliphatic carbocycles. The third kappa shape index (κ3) is 3.37. The molecule has 0 aliphatic heterocycles. The summed E-state index contributed by atoms with van der Waals surface area (Å²) in [5, 5.41) is 11.8. The molecule has 1 heterocycles. The lowest BCUT2D eigenvalue weighted by atomic mass is 9.88. The molecule has 106 valence electrons. The number of fused-ring (bicyclic) bond motifs is 1. The molecule has 1 aliphatic rings. The van der Waals surface area contributed by atoms with Crippen LogP contribution < -0.4 is 0 Å². The molecule has 0 bridgehead atoms. The Morgan fingerprint density at radius 1 is 1.58 bits per heavy atom. The molecule has 2 rings (SSSR count). The van der Waals surface area contributed by atoms with Gasteiger partial charge in [-0.25, -0.2) is 0 Å². The number of nitrogens with zero attached hydrogens (tertiary/aromatic N) is 1. The number of carbonyl (C=O) groups is 1. The molecule has 1 aromatic heterocycles. The van der Waals surface area contributed by atoms with Gasteiger partial charge in [0.05, 0.1) is 11.2 Å². The van der Waals surface area contributed by atoms with Crippen molar-refractivity contribution in [2.45, 2.75) is 45.6 Å². The summed E-state index contributed by atoms with van der Waals surface area (Å²) < 4.78 is 0. The first-order chi connectivity index (χ1) is 8.78. The van der Waals surface area contributed by atoms with Crippen LogP contribution in [0.2, 0.25) is 0 Å². The molecule has 4 heteroatoms. The molecule has 1 unspecified atom stereocenters. The summed E-state index contributed by atoms with van der Waals surface area (Å²) >= 11 is 1.71. The minimum Gasteiger partial charge on any atom is -0.389 e. The Bertz CT molecular complexity index is 473. The van der Waals surface area contributed by atoms with Crippen LogP contribution >= 0.6 is 11.3 Å². The lowest BCUT2D eigenvalue weighted by molar-refractivity contribution is 0.0367. The van der Waals surface area contributed by atoms with Crippen LogP contribution in [0.15, 0.2) is 5.38 Å². The van der Waals surface area contributed by atoms with Crippen molar-refractivity contribution in [3.05, 3.63) is 21.4 Å². The number of rotatable bonds is 3. The number of likely N-dealkylation sites (N-methyl/N-ethyl adjacent to an activating group) is 1. The number of hydrogen-bond acceptors (Lipinski definition) is 3. The van der Waals surface area contributed by atoms with Crippen LogP contribution in [0.4, 0.5) is 0 Å². The predicted molar refractivity (Wildman–Crippen MR) is 78.8 cm³/mol. The fourth-order valence-electron chi connectivity index (χ4n) is 2.71. The second-order valence-corrected chi connectivity index (χ2v) is 7.34. The zero-order valence-electron chi connectivity index (χ0n) is 12.2. The van der Waals surface area contributed by atoms with Gasteiger partial charge in [0.1, 0.15) is 0 Å². The van der Waals surface area contributed by atoms with E-state index in [4.69, 9.17) is 0 Å². The number of thiophene rings is 1. The van der Waals surface area contributed by atoms with E-state index in [1.54, 1.807) is 37.1 Å². The highest BCUT2D eigenvalue weighted by molar-refractivity contribution is 7.10. The maximum absolute atomic E-state index is 12.5. The van der Waals surface area contributed by atoms with Crippen molar-refractivity contribution in [3.8, 4) is 0 Å². The normalized spacial score (nSPS) is 19.1. The Hall–Kier alpha value is -0.870. The Labute approximate surface area is 119 Å². The summed E-state index contributed by atoms with van der Waals surface area (Å²) in [5.41, 5.74) is 1.24. The molecular weight excluding hydrogens is 258 g/mol. The van der Waals surface area contributed by atoms with Crippen molar-refractivity contribution in [2.75, 3.05) is 13.6 Å². The highest BCUT2D eigenvalue weighted by Gasteiger charge is 2.26. The summed E-state index contributed by atoms with van der Waals surface area (Å²) in [5.74, 6) is 0.761. The van der Waals surface area contributed by atoms with E-state index in [0.717, 1.165) is 24.3 Å². The second-order valence-electron chi connectivity index (χ2n) is 6.37. The van der Waals surface area contributed by atoms with E-state index in [1.165, 1.54) is 16.9 Å². The molecule has 1 N–H and O–H groups in total. The molecule has 0 saturated carbocycles. The number of hydrogen-bond donors (Lipinski definition) is 1. The van der Waals surface area contributed by atoms with Gasteiger partial charge in [-0.3, -0.25) is 4.79 Å². The number of aliphatic hydroxyl groups is 1. The van der Waals surface area contributed by atoms with E-state index in [1.807, 2.05) is 5.38 Å².